The smallest absolute Gasteiger partial charge is 0.167 e. The molecule has 1 saturated heterocycles. The van der Waals surface area contributed by atoms with Crippen LogP contribution in [0.15, 0.2) is 24.3 Å². The standard InChI is InChI=1S/C34H42F4O/c1-3-5-6-8-21-9-11-22(12-10-21)13-15-27-16-14-24(20-39-27)28-19-26-18-25-17-23(7-4-2)31(35)33(37)29(25)30(26)34(38)32(28)36/h13,15,17,19,21-22,24,27H,3-12,14,16,18,20H2,1-2H3/b15-13+. The van der Waals surface area contributed by atoms with E-state index in [1.807, 2.05) is 6.92 Å². The molecule has 0 aromatic heterocycles. The van der Waals surface area contributed by atoms with Crippen molar-refractivity contribution in [2.75, 3.05) is 6.61 Å². The lowest BCUT2D eigenvalue weighted by Crippen LogP contribution is -2.24. The van der Waals surface area contributed by atoms with Crippen LogP contribution in [0.4, 0.5) is 17.6 Å². The molecule has 0 N–H and O–H groups in total. The summed E-state index contributed by atoms with van der Waals surface area (Å²) in [4.78, 5) is 0. The van der Waals surface area contributed by atoms with Crippen molar-refractivity contribution in [3.63, 3.8) is 0 Å². The van der Waals surface area contributed by atoms with Gasteiger partial charge in [0.05, 0.1) is 12.7 Å². The van der Waals surface area contributed by atoms with Crippen molar-refractivity contribution < 1.29 is 22.3 Å². The minimum atomic E-state index is -1.07. The molecule has 2 unspecified atom stereocenters. The van der Waals surface area contributed by atoms with Gasteiger partial charge in [-0.05, 0) is 85.5 Å². The number of fused-ring (bicyclic) bond motifs is 3. The lowest BCUT2D eigenvalue weighted by Gasteiger charge is -2.30. The van der Waals surface area contributed by atoms with Crippen LogP contribution in [0.5, 0.6) is 0 Å². The maximum atomic E-state index is 15.4. The predicted molar refractivity (Wildman–Crippen MR) is 149 cm³/mol. The van der Waals surface area contributed by atoms with Crippen molar-refractivity contribution in [1.29, 1.82) is 0 Å². The van der Waals surface area contributed by atoms with E-state index in [0.29, 0.717) is 48.5 Å². The molecule has 1 nitrogen and oxygen atoms in total. The summed E-state index contributed by atoms with van der Waals surface area (Å²) >= 11 is 0. The molecule has 2 fully saturated rings. The third kappa shape index (κ3) is 5.99. The quantitative estimate of drug-likeness (QED) is 0.148. The Balaban J connectivity index is 1.21. The highest BCUT2D eigenvalue weighted by atomic mass is 19.2. The van der Waals surface area contributed by atoms with E-state index in [-0.39, 0.29) is 35.1 Å². The van der Waals surface area contributed by atoms with Crippen LogP contribution in [0, 0.1) is 35.1 Å². The number of hydrogen-bond acceptors (Lipinski definition) is 1. The van der Waals surface area contributed by atoms with Gasteiger partial charge in [0, 0.05) is 17.0 Å². The zero-order chi connectivity index (χ0) is 27.5. The van der Waals surface area contributed by atoms with Crippen LogP contribution in [-0.4, -0.2) is 12.7 Å². The number of unbranched alkanes of at least 4 members (excludes halogenated alkanes) is 2. The fraction of sp³-hybridized carbons (Fsp3) is 0.588. The van der Waals surface area contributed by atoms with Gasteiger partial charge in [-0.15, -0.1) is 0 Å². The van der Waals surface area contributed by atoms with Gasteiger partial charge in [0.1, 0.15) is 0 Å². The summed E-state index contributed by atoms with van der Waals surface area (Å²) in [5.74, 6) is -2.81. The van der Waals surface area contributed by atoms with Gasteiger partial charge in [-0.3, -0.25) is 0 Å². The zero-order valence-electron chi connectivity index (χ0n) is 23.4. The number of ether oxygens (including phenoxy) is 1. The highest BCUT2D eigenvalue weighted by molar-refractivity contribution is 5.79. The molecule has 2 aromatic rings. The number of benzene rings is 2. The first kappa shape index (κ1) is 28.4. The molecule has 3 aliphatic rings. The second-order valence-electron chi connectivity index (χ2n) is 12.1. The Morgan fingerprint density at radius 1 is 0.769 bits per heavy atom. The first-order valence-electron chi connectivity index (χ1n) is 15.2. The summed E-state index contributed by atoms with van der Waals surface area (Å²) in [5.41, 5.74) is 1.40. The van der Waals surface area contributed by atoms with E-state index >= 15 is 8.78 Å². The predicted octanol–water partition coefficient (Wildman–Crippen LogP) is 9.97. The van der Waals surface area contributed by atoms with Crippen molar-refractivity contribution in [2.24, 2.45) is 11.8 Å². The second-order valence-corrected chi connectivity index (χ2v) is 12.1. The van der Waals surface area contributed by atoms with Gasteiger partial charge >= 0.3 is 0 Å². The molecule has 0 amide bonds. The fourth-order valence-electron chi connectivity index (χ4n) is 7.01. The first-order chi connectivity index (χ1) is 18.9. The van der Waals surface area contributed by atoms with Crippen LogP contribution < -0.4 is 0 Å². The van der Waals surface area contributed by atoms with Crippen molar-refractivity contribution in [3.8, 4) is 11.1 Å². The highest BCUT2D eigenvalue weighted by Crippen LogP contribution is 2.45. The molecule has 0 radical (unpaired) electrons. The Hall–Kier alpha value is -2.14. The SMILES string of the molecule is CCCCCC1CCC(/C=C/C2CCC(c3cc4c(c(F)c3F)-c3c(cc(CCC)c(F)c3F)C4)CO2)CC1. The van der Waals surface area contributed by atoms with Crippen molar-refractivity contribution >= 4 is 0 Å². The minimum Gasteiger partial charge on any atom is -0.374 e. The number of rotatable bonds is 9. The van der Waals surface area contributed by atoms with Crippen LogP contribution in [0.2, 0.25) is 0 Å². The summed E-state index contributed by atoms with van der Waals surface area (Å²) in [6, 6.07) is 3.28. The lowest BCUT2D eigenvalue weighted by molar-refractivity contribution is 0.0314. The van der Waals surface area contributed by atoms with Gasteiger partial charge in [-0.2, -0.15) is 0 Å². The molecule has 1 saturated carbocycles. The van der Waals surface area contributed by atoms with E-state index in [0.717, 1.165) is 12.3 Å². The normalized spacial score (nSPS) is 24.8. The molecule has 5 rings (SSSR count). The number of hydrogen-bond donors (Lipinski definition) is 0. The van der Waals surface area contributed by atoms with E-state index in [1.165, 1.54) is 51.4 Å². The summed E-state index contributed by atoms with van der Waals surface area (Å²) < 4.78 is 66.4. The second kappa shape index (κ2) is 12.6. The molecule has 0 spiro atoms. The summed E-state index contributed by atoms with van der Waals surface area (Å²) in [7, 11) is 0. The average Bonchev–Trinajstić information content (AvgIpc) is 3.32. The summed E-state index contributed by atoms with van der Waals surface area (Å²) in [6.45, 7) is 4.48. The van der Waals surface area contributed by atoms with E-state index in [4.69, 9.17) is 4.74 Å². The van der Waals surface area contributed by atoms with Gasteiger partial charge < -0.3 is 4.74 Å². The van der Waals surface area contributed by atoms with Crippen LogP contribution in [-0.2, 0) is 17.6 Å². The number of allylic oxidation sites excluding steroid dienone is 1. The maximum Gasteiger partial charge on any atom is 0.167 e. The maximum absolute atomic E-state index is 15.4. The Bertz CT molecular complexity index is 1190. The largest absolute Gasteiger partial charge is 0.374 e. The topological polar surface area (TPSA) is 9.23 Å². The Morgan fingerprint density at radius 3 is 2.15 bits per heavy atom. The molecule has 1 heterocycles. The third-order valence-corrected chi connectivity index (χ3v) is 9.29. The highest BCUT2D eigenvalue weighted by Gasteiger charge is 2.34. The molecule has 2 aromatic carbocycles. The minimum absolute atomic E-state index is 0.00387. The van der Waals surface area contributed by atoms with Crippen LogP contribution >= 0.6 is 0 Å². The number of halogens is 4. The first-order valence-corrected chi connectivity index (χ1v) is 15.2. The molecule has 2 atom stereocenters. The van der Waals surface area contributed by atoms with E-state index in [1.54, 1.807) is 12.1 Å². The van der Waals surface area contributed by atoms with E-state index < -0.39 is 23.3 Å². The summed E-state index contributed by atoms with van der Waals surface area (Å²) in [6.07, 6.45) is 17.8. The molecule has 39 heavy (non-hydrogen) atoms. The monoisotopic (exact) mass is 542 g/mol. The van der Waals surface area contributed by atoms with Gasteiger partial charge in [0.15, 0.2) is 23.3 Å². The van der Waals surface area contributed by atoms with E-state index in [2.05, 4.69) is 19.1 Å². The lowest BCUT2D eigenvalue weighted by atomic mass is 9.79. The Labute approximate surface area is 231 Å². The van der Waals surface area contributed by atoms with Crippen molar-refractivity contribution in [3.05, 3.63) is 69.8 Å². The number of aryl methyl sites for hydroxylation is 1. The van der Waals surface area contributed by atoms with Crippen molar-refractivity contribution in [1.82, 2.24) is 0 Å². The molecule has 1 aliphatic heterocycles. The molecular formula is C34H42F4O. The molecule has 5 heteroatoms. The van der Waals surface area contributed by atoms with Gasteiger partial charge in [0.25, 0.3) is 0 Å². The van der Waals surface area contributed by atoms with Gasteiger partial charge in [-0.1, -0.05) is 70.2 Å². The molecule has 0 bridgehead atoms. The van der Waals surface area contributed by atoms with Gasteiger partial charge in [-0.25, -0.2) is 17.6 Å². The van der Waals surface area contributed by atoms with Gasteiger partial charge in [0.2, 0.25) is 0 Å². The fourth-order valence-corrected chi connectivity index (χ4v) is 7.01. The molecule has 2 aliphatic carbocycles. The third-order valence-electron chi connectivity index (χ3n) is 9.29. The van der Waals surface area contributed by atoms with Crippen LogP contribution in [0.1, 0.15) is 113 Å². The zero-order valence-corrected chi connectivity index (χ0v) is 23.4. The average molecular weight is 543 g/mol. The summed E-state index contributed by atoms with van der Waals surface area (Å²) in [5, 5.41) is 0. The molecular weight excluding hydrogens is 500 g/mol. The Kier molecular flexibility index (Phi) is 9.16. The Morgan fingerprint density at radius 2 is 1.49 bits per heavy atom. The van der Waals surface area contributed by atoms with E-state index in [9.17, 15) is 8.78 Å². The van der Waals surface area contributed by atoms with Crippen LogP contribution in [0.25, 0.3) is 11.1 Å². The van der Waals surface area contributed by atoms with Crippen molar-refractivity contribution in [2.45, 2.75) is 109 Å². The van der Waals surface area contributed by atoms with Crippen LogP contribution in [0.3, 0.4) is 0 Å². The molecule has 212 valence electrons.